The third-order valence-electron chi connectivity index (χ3n) is 3.27. The van der Waals surface area contributed by atoms with E-state index in [9.17, 15) is 13.2 Å². The number of alkyl halides is 3. The summed E-state index contributed by atoms with van der Waals surface area (Å²) in [5, 5.41) is 6.29. The molecule has 1 aliphatic heterocycles. The number of anilines is 1. The van der Waals surface area contributed by atoms with Crippen LogP contribution in [0, 0.1) is 0 Å². The summed E-state index contributed by atoms with van der Waals surface area (Å²) in [5.41, 5.74) is -4.16. The molecule has 2 N–H and O–H groups in total. The standard InChI is InChI=1S/C13H13NTe.CHF3O3S/c1-9-14-13-11-6-4-3-5-10(11)7-8-12(13)15(9)2;2-1(3,4)8(5,6)7/h3-8,14H,1-2H3;(H,5,6,7). The van der Waals surface area contributed by atoms with Crippen LogP contribution in [-0.4, -0.2) is 41.2 Å². The summed E-state index contributed by atoms with van der Waals surface area (Å²) in [6.45, 7) is 2.24. The van der Waals surface area contributed by atoms with Crippen molar-refractivity contribution in [1.82, 2.24) is 0 Å². The van der Waals surface area contributed by atoms with Gasteiger partial charge in [0.2, 0.25) is 0 Å². The molecule has 0 amide bonds. The molecule has 0 atom stereocenters. The van der Waals surface area contributed by atoms with Gasteiger partial charge in [0.05, 0.1) is 0 Å². The normalized spacial score (nSPS) is 15.0. The molecule has 0 saturated heterocycles. The molecule has 4 nitrogen and oxygen atoms in total. The van der Waals surface area contributed by atoms with Crippen LogP contribution in [0.1, 0.15) is 6.92 Å². The summed E-state index contributed by atoms with van der Waals surface area (Å²) in [6.07, 6.45) is 0. The van der Waals surface area contributed by atoms with Crippen molar-refractivity contribution in [2.45, 2.75) is 17.4 Å². The number of hydrogen-bond donors (Lipinski definition) is 2. The van der Waals surface area contributed by atoms with Gasteiger partial charge in [0.25, 0.3) is 0 Å². The molecule has 3 rings (SSSR count). The summed E-state index contributed by atoms with van der Waals surface area (Å²) in [6, 6.07) is 13.2. The van der Waals surface area contributed by atoms with Gasteiger partial charge in [-0.1, -0.05) is 0 Å². The van der Waals surface area contributed by atoms with Gasteiger partial charge in [0.1, 0.15) is 0 Å². The smallest absolute Gasteiger partial charge is 0.279 e. The van der Waals surface area contributed by atoms with Crippen molar-refractivity contribution in [2.75, 3.05) is 5.32 Å². The number of fused-ring (bicyclic) bond motifs is 3. The van der Waals surface area contributed by atoms with E-state index in [0.29, 0.717) is 0 Å². The third-order valence-corrected chi connectivity index (χ3v) is 9.63. The maximum absolute atomic E-state index is 10.7. The minimum absolute atomic E-state index is 1.15. The van der Waals surface area contributed by atoms with Crippen LogP contribution in [0.15, 0.2) is 36.4 Å². The Morgan fingerprint density at radius 2 is 1.70 bits per heavy atom. The Morgan fingerprint density at radius 1 is 1.13 bits per heavy atom. The van der Waals surface area contributed by atoms with E-state index < -0.39 is 34.7 Å². The Bertz CT molecular complexity index is 892. The largest absolute Gasteiger partial charge is 0.522 e. The maximum atomic E-state index is 10.7. The van der Waals surface area contributed by atoms with Crippen LogP contribution in [0.5, 0.6) is 0 Å². The molecule has 23 heavy (non-hydrogen) atoms. The van der Waals surface area contributed by atoms with E-state index in [0.717, 1.165) is 0 Å². The SMILES string of the molecule is CC1=[Te](C)c2ccc3ccccc3c2N1.O=S(=O)(O)C(F)(F)F. The van der Waals surface area contributed by atoms with Crippen molar-refractivity contribution >= 4 is 52.9 Å². The van der Waals surface area contributed by atoms with E-state index in [1.807, 2.05) is 0 Å². The number of rotatable bonds is 0. The van der Waals surface area contributed by atoms with Crippen LogP contribution in [0.4, 0.5) is 18.9 Å². The number of hydrogen-bond acceptors (Lipinski definition) is 3. The monoisotopic (exact) mass is 463 g/mol. The molecule has 1 heterocycles. The van der Waals surface area contributed by atoms with Crippen molar-refractivity contribution in [2.24, 2.45) is 0 Å². The molecule has 0 aromatic heterocycles. The van der Waals surface area contributed by atoms with Gasteiger partial charge >= 0.3 is 112 Å². The van der Waals surface area contributed by atoms with Gasteiger partial charge in [-0.25, -0.2) is 0 Å². The predicted octanol–water partition coefficient (Wildman–Crippen LogP) is 2.72. The molecule has 0 unspecified atom stereocenters. The molecular weight excluding hydrogens is 447 g/mol. The molecular formula is C14H14F3NO3STe. The van der Waals surface area contributed by atoms with Crippen LogP contribution in [0.2, 0.25) is 4.97 Å². The Hall–Kier alpha value is -1.14. The molecule has 0 fully saturated rings. The molecule has 2 aromatic rings. The quantitative estimate of drug-likeness (QED) is 0.360. The maximum Gasteiger partial charge on any atom is 0.522 e. The molecule has 2 aromatic carbocycles. The molecule has 9 heteroatoms. The molecule has 1 aliphatic rings. The molecule has 0 radical (unpaired) electrons. The summed E-state index contributed by atoms with van der Waals surface area (Å²) in [4.78, 5) is 2.42. The summed E-state index contributed by atoms with van der Waals surface area (Å²) in [5.74, 6) is 0. The summed E-state index contributed by atoms with van der Waals surface area (Å²) >= 11 is -1.15. The molecule has 0 spiro atoms. The molecule has 126 valence electrons. The van der Waals surface area contributed by atoms with E-state index in [2.05, 4.69) is 53.6 Å². The third kappa shape index (κ3) is 3.86. The first-order chi connectivity index (χ1) is 10.5. The first-order valence-electron chi connectivity index (χ1n) is 6.34. The van der Waals surface area contributed by atoms with Crippen LogP contribution in [0.25, 0.3) is 10.8 Å². The Balaban J connectivity index is 0.000000207. The average Bonchev–Trinajstić information content (AvgIpc) is 2.73. The van der Waals surface area contributed by atoms with E-state index in [1.165, 1.54) is 20.1 Å². The molecule has 0 saturated carbocycles. The zero-order valence-corrected chi connectivity index (χ0v) is 15.3. The van der Waals surface area contributed by atoms with E-state index in [1.54, 1.807) is 3.61 Å². The second-order valence-electron chi connectivity index (χ2n) is 4.77. The molecule has 0 aliphatic carbocycles. The first kappa shape index (κ1) is 18.2. The predicted molar refractivity (Wildman–Crippen MR) is 87.1 cm³/mol. The van der Waals surface area contributed by atoms with Gasteiger partial charge in [-0.2, -0.15) is 21.6 Å². The second kappa shape index (κ2) is 6.40. The van der Waals surface area contributed by atoms with Gasteiger partial charge in [-0.3, -0.25) is 4.55 Å². The van der Waals surface area contributed by atoms with Gasteiger partial charge < -0.3 is 0 Å². The fourth-order valence-electron chi connectivity index (χ4n) is 2.05. The van der Waals surface area contributed by atoms with Crippen molar-refractivity contribution in [3.63, 3.8) is 0 Å². The second-order valence-corrected chi connectivity index (χ2v) is 12.1. The fraction of sp³-hybridized carbons (Fsp3) is 0.214. The van der Waals surface area contributed by atoms with Crippen molar-refractivity contribution in [3.05, 3.63) is 36.4 Å². The Kier molecular flexibility index (Phi) is 5.06. The van der Waals surface area contributed by atoms with E-state index >= 15 is 0 Å². The Labute approximate surface area is 138 Å². The van der Waals surface area contributed by atoms with Gasteiger partial charge in [0, 0.05) is 0 Å². The minimum Gasteiger partial charge on any atom is -0.279 e. The van der Waals surface area contributed by atoms with Crippen molar-refractivity contribution < 1.29 is 26.1 Å². The van der Waals surface area contributed by atoms with Crippen LogP contribution < -0.4 is 8.93 Å². The summed E-state index contributed by atoms with van der Waals surface area (Å²) < 4.78 is 60.7. The fourth-order valence-corrected chi connectivity index (χ4v) is 5.83. The summed E-state index contributed by atoms with van der Waals surface area (Å²) in [7, 11) is -5.84. The van der Waals surface area contributed by atoms with Crippen LogP contribution >= 0.6 is 0 Å². The number of halogens is 3. The van der Waals surface area contributed by atoms with Crippen LogP contribution in [-0.2, 0) is 10.1 Å². The number of nitrogens with one attached hydrogen (secondary N) is 1. The van der Waals surface area contributed by atoms with Gasteiger partial charge in [0.15, 0.2) is 0 Å². The van der Waals surface area contributed by atoms with E-state index in [4.69, 9.17) is 13.0 Å². The number of benzene rings is 2. The average molecular weight is 461 g/mol. The Morgan fingerprint density at radius 3 is 2.26 bits per heavy atom. The van der Waals surface area contributed by atoms with Gasteiger partial charge in [-0.05, 0) is 0 Å². The van der Waals surface area contributed by atoms with Gasteiger partial charge in [-0.15, -0.1) is 0 Å². The zero-order chi connectivity index (χ0) is 17.4. The molecule has 0 bridgehead atoms. The minimum atomic E-state index is -5.84. The zero-order valence-electron chi connectivity index (χ0n) is 12.2. The van der Waals surface area contributed by atoms with Crippen molar-refractivity contribution in [3.8, 4) is 0 Å². The van der Waals surface area contributed by atoms with Crippen molar-refractivity contribution in [1.29, 1.82) is 0 Å². The first-order valence-corrected chi connectivity index (χ1v) is 12.4. The van der Waals surface area contributed by atoms with Crippen LogP contribution in [0.3, 0.4) is 0 Å². The topological polar surface area (TPSA) is 66.4 Å². The van der Waals surface area contributed by atoms with E-state index in [-0.39, 0.29) is 0 Å².